The summed E-state index contributed by atoms with van der Waals surface area (Å²) in [5.74, 6) is 0.505. The summed E-state index contributed by atoms with van der Waals surface area (Å²) in [4.78, 5) is 13.5. The summed E-state index contributed by atoms with van der Waals surface area (Å²) in [6.45, 7) is 2.62. The molecule has 0 aliphatic heterocycles. The zero-order valence-electron chi connectivity index (χ0n) is 13.9. The molecule has 0 saturated heterocycles. The number of anilines is 1. The quantitative estimate of drug-likeness (QED) is 0.665. The molecular formula is C16H19N7OS. The van der Waals surface area contributed by atoms with E-state index < -0.39 is 0 Å². The average Bonchev–Trinajstić information content (AvgIpc) is 3.26. The van der Waals surface area contributed by atoms with Crippen LogP contribution in [0.5, 0.6) is 0 Å². The van der Waals surface area contributed by atoms with Crippen molar-refractivity contribution in [3.8, 4) is 11.4 Å². The number of nitrogens with one attached hydrogen (secondary N) is 1. The summed E-state index contributed by atoms with van der Waals surface area (Å²) in [5, 5.41) is 24.7. The molecule has 1 N–H and O–H groups in total. The third-order valence-corrected chi connectivity index (χ3v) is 4.32. The van der Waals surface area contributed by atoms with Crippen molar-refractivity contribution in [2.45, 2.75) is 39.2 Å². The smallest absolute Gasteiger partial charge is 0.226 e. The zero-order chi connectivity index (χ0) is 17.5. The molecule has 130 valence electrons. The summed E-state index contributed by atoms with van der Waals surface area (Å²) >= 11 is 1.42. The van der Waals surface area contributed by atoms with E-state index in [4.69, 9.17) is 0 Å². The van der Waals surface area contributed by atoms with Crippen molar-refractivity contribution >= 4 is 22.4 Å². The summed E-state index contributed by atoms with van der Waals surface area (Å²) in [6.07, 6.45) is 2.88. The first-order valence-corrected chi connectivity index (χ1v) is 9.01. The predicted molar refractivity (Wildman–Crippen MR) is 95.0 cm³/mol. The van der Waals surface area contributed by atoms with Gasteiger partial charge >= 0.3 is 0 Å². The number of aryl methyl sites for hydroxylation is 2. The van der Waals surface area contributed by atoms with E-state index in [0.29, 0.717) is 30.3 Å². The highest BCUT2D eigenvalue weighted by molar-refractivity contribution is 7.15. The van der Waals surface area contributed by atoms with Crippen LogP contribution < -0.4 is 5.32 Å². The maximum absolute atomic E-state index is 12.0. The van der Waals surface area contributed by atoms with Gasteiger partial charge in [0.25, 0.3) is 0 Å². The number of aromatic nitrogens is 6. The van der Waals surface area contributed by atoms with E-state index >= 15 is 0 Å². The standard InChI is InChI=1S/C16H19N7OS/c1-2-7-14-18-20-16(25-14)17-13(24)10-6-11-23-21-15(19-22-23)12-8-4-3-5-9-12/h3-5,8-9H,2,6-7,10-11H2,1H3,(H,17,20,24). The van der Waals surface area contributed by atoms with Crippen LogP contribution in [-0.2, 0) is 17.8 Å². The molecule has 0 saturated carbocycles. The van der Waals surface area contributed by atoms with Crippen LogP contribution >= 0.6 is 11.3 Å². The van der Waals surface area contributed by atoms with E-state index in [1.54, 1.807) is 0 Å². The van der Waals surface area contributed by atoms with E-state index in [0.717, 1.165) is 23.4 Å². The highest BCUT2D eigenvalue weighted by Crippen LogP contribution is 2.17. The third-order valence-electron chi connectivity index (χ3n) is 3.42. The average molecular weight is 357 g/mol. The number of tetrazole rings is 1. The molecule has 0 bridgehead atoms. The van der Waals surface area contributed by atoms with Gasteiger partial charge in [-0.3, -0.25) is 4.79 Å². The second-order valence-electron chi connectivity index (χ2n) is 5.48. The van der Waals surface area contributed by atoms with Crippen LogP contribution in [0.2, 0.25) is 0 Å². The lowest BCUT2D eigenvalue weighted by atomic mass is 10.2. The molecule has 25 heavy (non-hydrogen) atoms. The maximum atomic E-state index is 12.0. The Balaban J connectivity index is 1.44. The lowest BCUT2D eigenvalue weighted by molar-refractivity contribution is -0.116. The van der Waals surface area contributed by atoms with Gasteiger partial charge in [-0.15, -0.1) is 20.4 Å². The first-order valence-electron chi connectivity index (χ1n) is 8.20. The number of nitrogens with zero attached hydrogens (tertiary/aromatic N) is 6. The number of hydrogen-bond donors (Lipinski definition) is 1. The van der Waals surface area contributed by atoms with Crippen LogP contribution in [0, 0.1) is 0 Å². The van der Waals surface area contributed by atoms with Crippen LogP contribution in [0.1, 0.15) is 31.2 Å². The fraction of sp³-hybridized carbons (Fsp3) is 0.375. The van der Waals surface area contributed by atoms with Crippen molar-refractivity contribution in [2.75, 3.05) is 5.32 Å². The van der Waals surface area contributed by atoms with E-state index in [1.165, 1.54) is 16.1 Å². The van der Waals surface area contributed by atoms with E-state index in [9.17, 15) is 4.79 Å². The molecule has 0 aliphatic carbocycles. The number of hydrogen-bond acceptors (Lipinski definition) is 7. The molecule has 8 nitrogen and oxygen atoms in total. The molecule has 2 heterocycles. The zero-order valence-corrected chi connectivity index (χ0v) is 14.7. The first kappa shape index (κ1) is 17.2. The van der Waals surface area contributed by atoms with Gasteiger partial charge in [0.2, 0.25) is 16.9 Å². The van der Waals surface area contributed by atoms with Crippen LogP contribution in [0.25, 0.3) is 11.4 Å². The Kier molecular flexibility index (Phi) is 5.78. The highest BCUT2D eigenvalue weighted by Gasteiger charge is 2.09. The Labute approximate surface area is 149 Å². The molecule has 1 amide bonds. The van der Waals surface area contributed by atoms with Crippen molar-refractivity contribution in [3.63, 3.8) is 0 Å². The van der Waals surface area contributed by atoms with E-state index in [-0.39, 0.29) is 5.91 Å². The second-order valence-corrected chi connectivity index (χ2v) is 6.54. The van der Waals surface area contributed by atoms with E-state index in [2.05, 4.69) is 37.8 Å². The topological polar surface area (TPSA) is 98.5 Å². The molecule has 0 fully saturated rings. The minimum absolute atomic E-state index is 0.0809. The van der Waals surface area contributed by atoms with Crippen LogP contribution in [0.3, 0.4) is 0 Å². The largest absolute Gasteiger partial charge is 0.301 e. The van der Waals surface area contributed by atoms with E-state index in [1.807, 2.05) is 30.3 Å². The Hall–Kier alpha value is -2.68. The monoisotopic (exact) mass is 357 g/mol. The lowest BCUT2D eigenvalue weighted by Gasteiger charge is -2.00. The Bertz CT molecular complexity index is 815. The first-order chi connectivity index (χ1) is 12.2. The van der Waals surface area contributed by atoms with Gasteiger partial charge in [-0.05, 0) is 18.1 Å². The highest BCUT2D eigenvalue weighted by atomic mass is 32.1. The number of carbonyl (C=O) groups excluding carboxylic acids is 1. The molecule has 0 unspecified atom stereocenters. The fourth-order valence-corrected chi connectivity index (χ4v) is 3.08. The molecule has 3 aromatic rings. The van der Waals surface area contributed by atoms with Gasteiger partial charge in [0.1, 0.15) is 5.01 Å². The maximum Gasteiger partial charge on any atom is 0.226 e. The number of carbonyl (C=O) groups is 1. The molecule has 1 aromatic carbocycles. The van der Waals surface area contributed by atoms with Crippen molar-refractivity contribution in [2.24, 2.45) is 0 Å². The van der Waals surface area contributed by atoms with Gasteiger partial charge in [0.15, 0.2) is 0 Å². The number of benzene rings is 1. The van der Waals surface area contributed by atoms with Crippen LogP contribution in [0.15, 0.2) is 30.3 Å². The van der Waals surface area contributed by atoms with Gasteiger partial charge in [0.05, 0.1) is 6.54 Å². The molecule has 0 atom stereocenters. The third kappa shape index (κ3) is 4.90. The minimum Gasteiger partial charge on any atom is -0.301 e. The Morgan fingerprint density at radius 3 is 2.84 bits per heavy atom. The summed E-state index contributed by atoms with van der Waals surface area (Å²) in [6, 6.07) is 9.67. The molecule has 3 rings (SSSR count). The van der Waals surface area contributed by atoms with Gasteiger partial charge in [-0.25, -0.2) is 0 Å². The van der Waals surface area contributed by atoms with Gasteiger partial charge in [-0.2, -0.15) is 4.80 Å². The van der Waals surface area contributed by atoms with Gasteiger partial charge < -0.3 is 5.32 Å². The molecular weight excluding hydrogens is 338 g/mol. The van der Waals surface area contributed by atoms with Crippen molar-refractivity contribution in [1.29, 1.82) is 0 Å². The van der Waals surface area contributed by atoms with Crippen molar-refractivity contribution < 1.29 is 4.79 Å². The Morgan fingerprint density at radius 1 is 1.20 bits per heavy atom. The SMILES string of the molecule is CCCc1nnc(NC(=O)CCCn2nnc(-c3ccccc3)n2)s1. The summed E-state index contributed by atoms with van der Waals surface area (Å²) in [5.41, 5.74) is 0.922. The predicted octanol–water partition coefficient (Wildman–Crippen LogP) is 2.56. The molecule has 0 spiro atoms. The van der Waals surface area contributed by atoms with Crippen LogP contribution in [-0.4, -0.2) is 36.3 Å². The number of rotatable bonds is 8. The lowest BCUT2D eigenvalue weighted by Crippen LogP contribution is -2.13. The molecule has 2 aromatic heterocycles. The van der Waals surface area contributed by atoms with Crippen molar-refractivity contribution in [3.05, 3.63) is 35.3 Å². The summed E-state index contributed by atoms with van der Waals surface area (Å²) < 4.78 is 0. The fourth-order valence-electron chi connectivity index (χ4n) is 2.22. The van der Waals surface area contributed by atoms with Crippen LogP contribution in [0.4, 0.5) is 5.13 Å². The molecule has 0 aliphatic rings. The summed E-state index contributed by atoms with van der Waals surface area (Å²) in [7, 11) is 0. The normalized spacial score (nSPS) is 10.8. The minimum atomic E-state index is -0.0809. The van der Waals surface area contributed by atoms with Gasteiger partial charge in [-0.1, -0.05) is 48.6 Å². The number of amides is 1. The van der Waals surface area contributed by atoms with Gasteiger partial charge in [0, 0.05) is 18.4 Å². The molecule has 0 radical (unpaired) electrons. The Morgan fingerprint density at radius 2 is 2.04 bits per heavy atom. The second kappa shape index (κ2) is 8.43. The van der Waals surface area contributed by atoms with Crippen molar-refractivity contribution in [1.82, 2.24) is 30.4 Å². The molecule has 9 heteroatoms.